The Morgan fingerprint density at radius 1 is 1.08 bits per heavy atom. The zero-order valence-corrected chi connectivity index (χ0v) is 7.14. The van der Waals surface area contributed by atoms with E-state index in [2.05, 4.69) is 22.7 Å². The Hall–Kier alpha value is -1.83. The van der Waals surface area contributed by atoms with Crippen LogP contribution >= 0.6 is 0 Å². The van der Waals surface area contributed by atoms with Gasteiger partial charge in [0.15, 0.2) is 0 Å². The lowest BCUT2D eigenvalue weighted by molar-refractivity contribution is 0.980. The molecule has 2 heteroatoms. The molecule has 2 nitrogen and oxygen atoms in total. The summed E-state index contributed by atoms with van der Waals surface area (Å²) in [5, 5.41) is 4.00. The number of hydrazone groups is 1. The number of nitrogens with one attached hydrogen (secondary N) is 1. The fourth-order valence-corrected chi connectivity index (χ4v) is 1.19. The molecule has 1 aliphatic heterocycles. The SMILES string of the molecule is C1=CNN=CC(c2ccccc2)=C1. The molecular formula is C11H10N2. The molecule has 0 fully saturated rings. The van der Waals surface area contributed by atoms with Gasteiger partial charge in [-0.05, 0) is 11.6 Å². The van der Waals surface area contributed by atoms with Gasteiger partial charge in [0.05, 0.1) is 6.21 Å². The third-order valence-electron chi connectivity index (χ3n) is 1.83. The van der Waals surface area contributed by atoms with E-state index in [4.69, 9.17) is 0 Å². The predicted molar refractivity (Wildman–Crippen MR) is 55.2 cm³/mol. The van der Waals surface area contributed by atoms with E-state index in [1.165, 1.54) is 5.56 Å². The van der Waals surface area contributed by atoms with Gasteiger partial charge in [-0.2, -0.15) is 5.10 Å². The molecule has 0 spiro atoms. The minimum atomic E-state index is 1.11. The Labute approximate surface area is 77.3 Å². The summed E-state index contributed by atoms with van der Waals surface area (Å²) >= 11 is 0. The van der Waals surface area contributed by atoms with Crippen LogP contribution in [0.4, 0.5) is 0 Å². The van der Waals surface area contributed by atoms with E-state index in [0.717, 1.165) is 5.57 Å². The second kappa shape index (κ2) is 3.72. The molecule has 13 heavy (non-hydrogen) atoms. The van der Waals surface area contributed by atoms with E-state index >= 15 is 0 Å². The molecule has 0 saturated carbocycles. The molecule has 0 atom stereocenters. The first-order chi connectivity index (χ1) is 6.47. The summed E-state index contributed by atoms with van der Waals surface area (Å²) < 4.78 is 0. The van der Waals surface area contributed by atoms with Gasteiger partial charge >= 0.3 is 0 Å². The molecule has 1 N–H and O–H groups in total. The van der Waals surface area contributed by atoms with Crippen molar-refractivity contribution in [3.63, 3.8) is 0 Å². The summed E-state index contributed by atoms with van der Waals surface area (Å²) in [5.74, 6) is 0. The Balaban J connectivity index is 2.36. The summed E-state index contributed by atoms with van der Waals surface area (Å²) in [5.41, 5.74) is 5.08. The summed E-state index contributed by atoms with van der Waals surface area (Å²) in [4.78, 5) is 0. The fraction of sp³-hybridized carbons (Fsp3) is 0. The minimum Gasteiger partial charge on any atom is -0.286 e. The number of hydrogen-bond donors (Lipinski definition) is 1. The molecule has 0 aliphatic carbocycles. The lowest BCUT2D eigenvalue weighted by atomic mass is 10.1. The monoisotopic (exact) mass is 170 g/mol. The van der Waals surface area contributed by atoms with Crippen molar-refractivity contribution in [2.75, 3.05) is 0 Å². The molecule has 0 amide bonds. The molecule has 1 aromatic rings. The Morgan fingerprint density at radius 2 is 1.92 bits per heavy atom. The lowest BCUT2D eigenvalue weighted by Gasteiger charge is -1.98. The van der Waals surface area contributed by atoms with E-state index in [1.54, 1.807) is 6.20 Å². The van der Waals surface area contributed by atoms with Gasteiger partial charge in [0.25, 0.3) is 0 Å². The summed E-state index contributed by atoms with van der Waals surface area (Å²) in [6.45, 7) is 0. The number of benzene rings is 1. The second-order valence-corrected chi connectivity index (χ2v) is 2.73. The van der Waals surface area contributed by atoms with Crippen molar-refractivity contribution < 1.29 is 0 Å². The van der Waals surface area contributed by atoms with Crippen molar-refractivity contribution in [1.29, 1.82) is 0 Å². The second-order valence-electron chi connectivity index (χ2n) is 2.73. The van der Waals surface area contributed by atoms with Crippen molar-refractivity contribution in [2.24, 2.45) is 5.10 Å². The quantitative estimate of drug-likeness (QED) is 0.686. The van der Waals surface area contributed by atoms with Crippen LogP contribution in [0.3, 0.4) is 0 Å². The van der Waals surface area contributed by atoms with Gasteiger partial charge in [0, 0.05) is 11.8 Å². The molecule has 0 radical (unpaired) electrons. The maximum Gasteiger partial charge on any atom is 0.0550 e. The zero-order valence-electron chi connectivity index (χ0n) is 7.14. The number of allylic oxidation sites excluding steroid dienone is 3. The molecular weight excluding hydrogens is 160 g/mol. The number of rotatable bonds is 1. The van der Waals surface area contributed by atoms with Gasteiger partial charge in [-0.15, -0.1) is 0 Å². The normalized spacial score (nSPS) is 14.6. The van der Waals surface area contributed by atoms with E-state index in [-0.39, 0.29) is 0 Å². The highest BCUT2D eigenvalue weighted by molar-refractivity contribution is 6.10. The average molecular weight is 170 g/mol. The molecule has 0 saturated heterocycles. The van der Waals surface area contributed by atoms with Crippen LogP contribution in [0.15, 0.2) is 53.8 Å². The van der Waals surface area contributed by atoms with E-state index in [0.29, 0.717) is 0 Å². The number of nitrogens with zero attached hydrogens (tertiary/aromatic N) is 1. The van der Waals surface area contributed by atoms with Crippen LogP contribution in [0, 0.1) is 0 Å². The first-order valence-electron chi connectivity index (χ1n) is 4.18. The third-order valence-corrected chi connectivity index (χ3v) is 1.83. The predicted octanol–water partition coefficient (Wildman–Crippen LogP) is 2.17. The summed E-state index contributed by atoms with van der Waals surface area (Å²) in [6, 6.07) is 10.2. The molecule has 64 valence electrons. The van der Waals surface area contributed by atoms with Gasteiger partial charge in [0.1, 0.15) is 0 Å². The molecule has 0 aromatic heterocycles. The van der Waals surface area contributed by atoms with E-state index < -0.39 is 0 Å². The zero-order chi connectivity index (χ0) is 8.93. The van der Waals surface area contributed by atoms with Crippen LogP contribution < -0.4 is 5.43 Å². The van der Waals surface area contributed by atoms with Crippen LogP contribution in [-0.4, -0.2) is 6.21 Å². The summed E-state index contributed by atoms with van der Waals surface area (Å²) in [6.07, 6.45) is 7.58. The van der Waals surface area contributed by atoms with Crippen molar-refractivity contribution in [2.45, 2.75) is 0 Å². The van der Waals surface area contributed by atoms with Crippen molar-refractivity contribution >= 4 is 11.8 Å². The van der Waals surface area contributed by atoms with Gasteiger partial charge in [0.2, 0.25) is 0 Å². The van der Waals surface area contributed by atoms with Crippen LogP contribution in [0.25, 0.3) is 5.57 Å². The van der Waals surface area contributed by atoms with Gasteiger partial charge in [-0.3, -0.25) is 5.43 Å². The van der Waals surface area contributed by atoms with E-state index in [9.17, 15) is 0 Å². The Kier molecular flexibility index (Phi) is 2.23. The minimum absolute atomic E-state index is 1.11. The van der Waals surface area contributed by atoms with Crippen LogP contribution in [0.5, 0.6) is 0 Å². The van der Waals surface area contributed by atoms with Gasteiger partial charge in [-0.1, -0.05) is 36.4 Å². The first kappa shape index (κ1) is 7.80. The molecule has 1 aromatic carbocycles. The molecule has 1 aliphatic rings. The standard InChI is InChI=1S/C11H10N2/c1-2-5-10(6-3-1)11-7-4-8-12-13-9-11/h1-9,12H. The van der Waals surface area contributed by atoms with E-state index in [1.807, 2.05) is 36.6 Å². The Morgan fingerprint density at radius 3 is 2.77 bits per heavy atom. The first-order valence-corrected chi connectivity index (χ1v) is 4.18. The largest absolute Gasteiger partial charge is 0.286 e. The van der Waals surface area contributed by atoms with Crippen LogP contribution in [0.2, 0.25) is 0 Å². The van der Waals surface area contributed by atoms with Crippen molar-refractivity contribution in [3.05, 3.63) is 54.2 Å². The van der Waals surface area contributed by atoms with Crippen LogP contribution in [0.1, 0.15) is 5.56 Å². The highest BCUT2D eigenvalue weighted by Gasteiger charge is 1.96. The molecule has 2 rings (SSSR count). The third kappa shape index (κ3) is 1.85. The topological polar surface area (TPSA) is 24.4 Å². The lowest BCUT2D eigenvalue weighted by Crippen LogP contribution is -1.91. The molecule has 1 heterocycles. The summed E-state index contributed by atoms with van der Waals surface area (Å²) in [7, 11) is 0. The molecule has 0 unspecified atom stereocenters. The van der Waals surface area contributed by atoms with Gasteiger partial charge < -0.3 is 0 Å². The van der Waals surface area contributed by atoms with Crippen molar-refractivity contribution in [3.8, 4) is 0 Å². The van der Waals surface area contributed by atoms with Crippen LogP contribution in [-0.2, 0) is 0 Å². The Bertz CT molecular complexity index is 361. The van der Waals surface area contributed by atoms with Crippen molar-refractivity contribution in [1.82, 2.24) is 5.43 Å². The molecule has 0 bridgehead atoms. The van der Waals surface area contributed by atoms with Gasteiger partial charge in [-0.25, -0.2) is 0 Å². The average Bonchev–Trinajstić information content (AvgIpc) is 2.47. The number of hydrogen-bond acceptors (Lipinski definition) is 2. The maximum atomic E-state index is 4.00. The maximum absolute atomic E-state index is 4.00. The highest BCUT2D eigenvalue weighted by Crippen LogP contribution is 2.12. The smallest absolute Gasteiger partial charge is 0.0550 e. The highest BCUT2D eigenvalue weighted by atomic mass is 15.3. The fourth-order valence-electron chi connectivity index (χ4n) is 1.19.